The Morgan fingerprint density at radius 2 is 2.00 bits per heavy atom. The lowest BCUT2D eigenvalue weighted by molar-refractivity contribution is -0.121. The number of nitriles is 1. The molecule has 0 unspecified atom stereocenters. The van der Waals surface area contributed by atoms with Crippen molar-refractivity contribution in [2.24, 2.45) is 0 Å². The Hall–Kier alpha value is -2.94. The van der Waals surface area contributed by atoms with Gasteiger partial charge in [0, 0.05) is 18.3 Å². The first-order valence-electron chi connectivity index (χ1n) is 8.69. The summed E-state index contributed by atoms with van der Waals surface area (Å²) in [5, 5.41) is 11.8. The summed E-state index contributed by atoms with van der Waals surface area (Å²) in [5.41, 5.74) is 0.910. The normalized spacial score (nSPS) is 19.4. The number of ether oxygens (including phenoxy) is 1. The summed E-state index contributed by atoms with van der Waals surface area (Å²) in [6.45, 7) is 0. The summed E-state index contributed by atoms with van der Waals surface area (Å²) in [4.78, 5) is 16.2. The molecule has 6 heteroatoms. The highest BCUT2D eigenvalue weighted by molar-refractivity contribution is 5.78. The molecule has 1 N–H and O–H groups in total. The highest BCUT2D eigenvalue weighted by Gasteiger charge is 2.24. The lowest BCUT2D eigenvalue weighted by atomic mass is 9.92. The first kappa shape index (κ1) is 17.9. The molecule has 0 atom stereocenters. The van der Waals surface area contributed by atoms with Gasteiger partial charge in [-0.05, 0) is 43.4 Å². The Morgan fingerprint density at radius 3 is 2.65 bits per heavy atom. The minimum absolute atomic E-state index is 0.0511. The van der Waals surface area contributed by atoms with Gasteiger partial charge in [0.2, 0.25) is 11.8 Å². The van der Waals surface area contributed by atoms with Crippen LogP contribution in [-0.2, 0) is 11.2 Å². The predicted octanol–water partition coefficient (Wildman–Crippen LogP) is 3.14. The van der Waals surface area contributed by atoms with E-state index in [4.69, 9.17) is 10.00 Å². The second-order valence-corrected chi connectivity index (χ2v) is 6.42. The number of hydrogen-bond acceptors (Lipinski definition) is 4. The van der Waals surface area contributed by atoms with E-state index in [1.54, 1.807) is 30.3 Å². The van der Waals surface area contributed by atoms with Crippen LogP contribution in [0, 0.1) is 17.1 Å². The van der Waals surface area contributed by atoms with Crippen LogP contribution >= 0.6 is 0 Å². The van der Waals surface area contributed by atoms with Crippen molar-refractivity contribution in [2.75, 3.05) is 0 Å². The van der Waals surface area contributed by atoms with Crippen molar-refractivity contribution in [1.29, 1.82) is 5.26 Å². The fraction of sp³-hybridized carbons (Fsp3) is 0.350. The van der Waals surface area contributed by atoms with Crippen LogP contribution in [0.2, 0.25) is 0 Å². The van der Waals surface area contributed by atoms with E-state index in [2.05, 4.69) is 10.3 Å². The zero-order valence-electron chi connectivity index (χ0n) is 14.3. The maximum atomic E-state index is 13.6. The first-order chi connectivity index (χ1) is 12.6. The fourth-order valence-electron chi connectivity index (χ4n) is 3.11. The van der Waals surface area contributed by atoms with Crippen LogP contribution in [0.5, 0.6) is 5.88 Å². The smallest absolute Gasteiger partial charge is 0.224 e. The van der Waals surface area contributed by atoms with Crippen molar-refractivity contribution >= 4 is 5.91 Å². The Kier molecular flexibility index (Phi) is 5.80. The van der Waals surface area contributed by atoms with Gasteiger partial charge in [-0.1, -0.05) is 18.2 Å². The second kappa shape index (κ2) is 8.43. The van der Waals surface area contributed by atoms with Crippen LogP contribution in [0.4, 0.5) is 4.39 Å². The summed E-state index contributed by atoms with van der Waals surface area (Å²) >= 11 is 0. The van der Waals surface area contributed by atoms with E-state index in [1.165, 1.54) is 12.3 Å². The molecule has 3 rings (SSSR count). The van der Waals surface area contributed by atoms with E-state index in [9.17, 15) is 9.18 Å². The minimum atomic E-state index is -0.352. The zero-order valence-corrected chi connectivity index (χ0v) is 14.3. The van der Waals surface area contributed by atoms with Crippen molar-refractivity contribution in [1.82, 2.24) is 10.3 Å². The van der Waals surface area contributed by atoms with Gasteiger partial charge in [0.05, 0.1) is 12.0 Å². The maximum Gasteiger partial charge on any atom is 0.224 e. The van der Waals surface area contributed by atoms with Gasteiger partial charge in [-0.25, -0.2) is 9.37 Å². The van der Waals surface area contributed by atoms with Crippen LogP contribution in [0.1, 0.15) is 36.8 Å². The van der Waals surface area contributed by atoms with Gasteiger partial charge in [0.25, 0.3) is 0 Å². The molecular weight excluding hydrogens is 333 g/mol. The molecule has 0 saturated heterocycles. The van der Waals surface area contributed by atoms with E-state index < -0.39 is 0 Å². The van der Waals surface area contributed by atoms with Crippen molar-refractivity contribution in [3.8, 4) is 11.9 Å². The van der Waals surface area contributed by atoms with Crippen LogP contribution in [-0.4, -0.2) is 23.0 Å². The highest BCUT2D eigenvalue weighted by Crippen LogP contribution is 2.23. The first-order valence-corrected chi connectivity index (χ1v) is 8.69. The van der Waals surface area contributed by atoms with Gasteiger partial charge in [0.15, 0.2) is 0 Å². The summed E-state index contributed by atoms with van der Waals surface area (Å²) in [6, 6.07) is 11.8. The topological polar surface area (TPSA) is 75.0 Å². The number of carbonyl (C=O) groups excluding carboxylic acids is 1. The number of carbonyl (C=O) groups is 1. The number of nitrogens with zero attached hydrogens (tertiary/aromatic N) is 2. The number of halogens is 1. The molecule has 2 aromatic rings. The third kappa shape index (κ3) is 4.79. The van der Waals surface area contributed by atoms with Gasteiger partial charge in [0.1, 0.15) is 18.0 Å². The molecular formula is C20H20FN3O2. The van der Waals surface area contributed by atoms with E-state index in [1.807, 2.05) is 6.07 Å². The predicted molar refractivity (Wildman–Crippen MR) is 93.9 cm³/mol. The average Bonchev–Trinajstić information content (AvgIpc) is 2.66. The Balaban J connectivity index is 1.44. The van der Waals surface area contributed by atoms with E-state index in [0.29, 0.717) is 17.0 Å². The number of pyridine rings is 1. The van der Waals surface area contributed by atoms with E-state index in [0.717, 1.165) is 25.7 Å². The molecule has 26 heavy (non-hydrogen) atoms. The largest absolute Gasteiger partial charge is 0.474 e. The molecule has 134 valence electrons. The second-order valence-electron chi connectivity index (χ2n) is 6.42. The lowest BCUT2D eigenvalue weighted by Gasteiger charge is -2.29. The van der Waals surface area contributed by atoms with Gasteiger partial charge in [-0.3, -0.25) is 4.79 Å². The molecule has 1 saturated carbocycles. The number of aromatic nitrogens is 1. The quantitative estimate of drug-likeness (QED) is 0.896. The minimum Gasteiger partial charge on any atom is -0.474 e. The summed E-state index contributed by atoms with van der Waals surface area (Å²) in [7, 11) is 0. The fourth-order valence-corrected chi connectivity index (χ4v) is 3.11. The molecule has 1 heterocycles. The monoisotopic (exact) mass is 353 g/mol. The molecule has 1 aromatic carbocycles. The number of nitrogens with one attached hydrogen (secondary N) is 1. The Morgan fingerprint density at radius 1 is 1.23 bits per heavy atom. The molecule has 1 amide bonds. The van der Waals surface area contributed by atoms with Gasteiger partial charge >= 0.3 is 0 Å². The molecule has 5 nitrogen and oxygen atoms in total. The summed E-state index contributed by atoms with van der Waals surface area (Å²) in [6.07, 6.45) is 4.84. The zero-order chi connectivity index (χ0) is 18.4. The highest BCUT2D eigenvalue weighted by atomic mass is 19.1. The van der Waals surface area contributed by atoms with Crippen LogP contribution in [0.3, 0.4) is 0 Å². The maximum absolute atomic E-state index is 13.6. The van der Waals surface area contributed by atoms with Crippen LogP contribution in [0.25, 0.3) is 0 Å². The van der Waals surface area contributed by atoms with Crippen molar-refractivity contribution in [3.63, 3.8) is 0 Å². The summed E-state index contributed by atoms with van der Waals surface area (Å²) < 4.78 is 19.5. The number of benzene rings is 1. The van der Waals surface area contributed by atoms with Gasteiger partial charge < -0.3 is 10.1 Å². The summed E-state index contributed by atoms with van der Waals surface area (Å²) in [5.74, 6) is -0.000981. The third-order valence-electron chi connectivity index (χ3n) is 4.50. The Labute approximate surface area is 151 Å². The van der Waals surface area contributed by atoms with Gasteiger partial charge in [-0.2, -0.15) is 5.26 Å². The standard InChI is InChI=1S/C20H20FN3O2/c21-18-4-2-1-3-15(18)11-19(25)24-16-6-8-17(9-7-16)26-20-10-5-14(12-22)13-23-20/h1-5,10,13,16-17H,6-9,11H2,(H,24,25). The van der Waals surface area contributed by atoms with E-state index in [-0.39, 0.29) is 30.3 Å². The molecule has 1 aromatic heterocycles. The molecule has 0 spiro atoms. The lowest BCUT2D eigenvalue weighted by Crippen LogP contribution is -2.40. The molecule has 1 aliphatic rings. The number of hydrogen-bond donors (Lipinski definition) is 1. The van der Waals surface area contributed by atoms with Crippen molar-refractivity contribution in [3.05, 3.63) is 59.5 Å². The van der Waals surface area contributed by atoms with Crippen molar-refractivity contribution in [2.45, 2.75) is 44.2 Å². The molecule has 1 fully saturated rings. The van der Waals surface area contributed by atoms with Gasteiger partial charge in [-0.15, -0.1) is 0 Å². The third-order valence-corrected chi connectivity index (χ3v) is 4.50. The van der Waals surface area contributed by atoms with E-state index >= 15 is 0 Å². The van der Waals surface area contributed by atoms with Crippen LogP contribution in [0.15, 0.2) is 42.6 Å². The number of amides is 1. The Bertz CT molecular complexity index is 793. The average molecular weight is 353 g/mol. The SMILES string of the molecule is N#Cc1ccc(OC2CCC(NC(=O)Cc3ccccc3F)CC2)nc1. The molecule has 0 radical (unpaired) electrons. The molecule has 1 aliphatic carbocycles. The van der Waals surface area contributed by atoms with Crippen LogP contribution < -0.4 is 10.1 Å². The van der Waals surface area contributed by atoms with Crippen molar-refractivity contribution < 1.29 is 13.9 Å². The molecule has 0 bridgehead atoms. The molecule has 0 aliphatic heterocycles. The number of rotatable bonds is 5.